The van der Waals surface area contributed by atoms with E-state index in [-0.39, 0.29) is 0 Å². The smallest absolute Gasteiger partial charge is 0.124 e. The number of hydrogen-bond donors (Lipinski definition) is 1. The minimum Gasteiger partial charge on any atom is -0.507 e. The van der Waals surface area contributed by atoms with E-state index in [1.807, 2.05) is 6.07 Å². The molecule has 0 atom stereocenters. The van der Waals surface area contributed by atoms with E-state index in [2.05, 4.69) is 40.2 Å². The molecule has 0 aliphatic heterocycles. The van der Waals surface area contributed by atoms with Crippen LogP contribution in [-0.4, -0.2) is 30.7 Å². The summed E-state index contributed by atoms with van der Waals surface area (Å²) < 4.78 is 0.842. The van der Waals surface area contributed by atoms with Gasteiger partial charge in [-0.3, -0.25) is 0 Å². The largest absolute Gasteiger partial charge is 0.507 e. The van der Waals surface area contributed by atoms with E-state index in [9.17, 15) is 5.11 Å². The van der Waals surface area contributed by atoms with E-state index in [1.165, 1.54) is 50.5 Å². The van der Waals surface area contributed by atoms with Gasteiger partial charge in [-0.2, -0.15) is 0 Å². The molecule has 0 fully saturated rings. The van der Waals surface area contributed by atoms with Gasteiger partial charge in [0.2, 0.25) is 0 Å². The van der Waals surface area contributed by atoms with Crippen LogP contribution in [0.4, 0.5) is 0 Å². The molecule has 0 aliphatic rings. The van der Waals surface area contributed by atoms with Crippen molar-refractivity contribution in [2.45, 2.75) is 64.8 Å². The first-order valence-electron chi connectivity index (χ1n) is 8.53. The highest BCUT2D eigenvalue weighted by Crippen LogP contribution is 2.22. The third kappa shape index (κ3) is 8.11. The molecular weight excluding hydrogens is 258 g/mol. The first kappa shape index (κ1) is 18.0. The highest BCUT2D eigenvalue weighted by Gasteiger charge is 2.12. The molecule has 0 saturated carbocycles. The molecule has 1 aromatic rings. The Balaban J connectivity index is 2.37. The van der Waals surface area contributed by atoms with Crippen LogP contribution in [0.15, 0.2) is 18.2 Å². The highest BCUT2D eigenvalue weighted by molar-refractivity contribution is 5.35. The number of phenolic OH excluding ortho intramolecular Hbond substituents is 1. The van der Waals surface area contributed by atoms with Crippen molar-refractivity contribution in [1.29, 1.82) is 0 Å². The maximum absolute atomic E-state index is 9.98. The predicted octanol–water partition coefficient (Wildman–Crippen LogP) is 4.89. The van der Waals surface area contributed by atoms with Crippen LogP contribution in [-0.2, 0) is 13.0 Å². The Morgan fingerprint density at radius 1 is 0.905 bits per heavy atom. The fourth-order valence-electron chi connectivity index (χ4n) is 2.72. The van der Waals surface area contributed by atoms with Gasteiger partial charge in [-0.15, -0.1) is 0 Å². The normalized spacial score (nSPS) is 11.8. The third-order valence-electron chi connectivity index (χ3n) is 3.86. The van der Waals surface area contributed by atoms with Gasteiger partial charge in [0.25, 0.3) is 0 Å². The van der Waals surface area contributed by atoms with Gasteiger partial charge < -0.3 is 9.59 Å². The monoisotopic (exact) mass is 292 g/mol. The minimum atomic E-state index is 0.436. The lowest BCUT2D eigenvalue weighted by Crippen LogP contribution is -2.33. The molecule has 0 aromatic heterocycles. The van der Waals surface area contributed by atoms with Crippen LogP contribution in [0.25, 0.3) is 0 Å². The Kier molecular flexibility index (Phi) is 7.81. The first-order chi connectivity index (χ1) is 9.92. The Morgan fingerprint density at radius 3 is 2.14 bits per heavy atom. The van der Waals surface area contributed by atoms with Gasteiger partial charge in [-0.25, -0.2) is 0 Å². The van der Waals surface area contributed by atoms with Gasteiger partial charge in [-0.1, -0.05) is 51.5 Å². The van der Waals surface area contributed by atoms with Crippen molar-refractivity contribution in [3.8, 4) is 5.75 Å². The average Bonchev–Trinajstić information content (AvgIpc) is 2.39. The Hall–Kier alpha value is -1.02. The average molecular weight is 292 g/mol. The molecule has 2 heteroatoms. The molecule has 120 valence electrons. The van der Waals surface area contributed by atoms with Gasteiger partial charge in [0.15, 0.2) is 0 Å². The fourth-order valence-corrected chi connectivity index (χ4v) is 2.72. The lowest BCUT2D eigenvalue weighted by molar-refractivity contribution is -0.884. The molecule has 21 heavy (non-hydrogen) atoms. The van der Waals surface area contributed by atoms with Gasteiger partial charge in [0.1, 0.15) is 12.3 Å². The molecule has 0 unspecified atom stereocenters. The van der Waals surface area contributed by atoms with Gasteiger partial charge in [0.05, 0.1) is 21.1 Å². The predicted molar refractivity (Wildman–Crippen MR) is 91.5 cm³/mol. The van der Waals surface area contributed by atoms with Gasteiger partial charge in [-0.05, 0) is 30.5 Å². The zero-order valence-electron chi connectivity index (χ0n) is 14.5. The van der Waals surface area contributed by atoms with Crippen molar-refractivity contribution in [3.05, 3.63) is 29.3 Å². The number of quaternary nitrogens is 1. The molecule has 2 nitrogen and oxygen atoms in total. The summed E-state index contributed by atoms with van der Waals surface area (Å²) in [4.78, 5) is 0. The molecule has 0 amide bonds. The highest BCUT2D eigenvalue weighted by atomic mass is 16.3. The molecule has 0 radical (unpaired) electrons. The number of unbranched alkanes of at least 4 members (excludes halogenated alkanes) is 6. The molecule has 0 aliphatic carbocycles. The SMILES string of the molecule is CCCCCCCCCc1ccc(O)c(C[N+](C)(C)C)c1. The molecule has 0 bridgehead atoms. The lowest BCUT2D eigenvalue weighted by atomic mass is 10.0. The van der Waals surface area contributed by atoms with E-state index in [0.717, 1.165) is 23.0 Å². The van der Waals surface area contributed by atoms with Crippen LogP contribution < -0.4 is 0 Å². The van der Waals surface area contributed by atoms with Crippen molar-refractivity contribution in [3.63, 3.8) is 0 Å². The Morgan fingerprint density at radius 2 is 1.52 bits per heavy atom. The molecule has 1 rings (SSSR count). The number of aryl methyl sites for hydroxylation is 1. The van der Waals surface area contributed by atoms with Crippen molar-refractivity contribution < 1.29 is 9.59 Å². The van der Waals surface area contributed by atoms with Crippen molar-refractivity contribution in [1.82, 2.24) is 0 Å². The molecule has 0 spiro atoms. The topological polar surface area (TPSA) is 20.2 Å². The third-order valence-corrected chi connectivity index (χ3v) is 3.86. The van der Waals surface area contributed by atoms with E-state index >= 15 is 0 Å². The summed E-state index contributed by atoms with van der Waals surface area (Å²) >= 11 is 0. The maximum Gasteiger partial charge on any atom is 0.124 e. The van der Waals surface area contributed by atoms with E-state index < -0.39 is 0 Å². The summed E-state index contributed by atoms with van der Waals surface area (Å²) in [6, 6.07) is 6.13. The number of benzene rings is 1. The number of aromatic hydroxyl groups is 1. The Bertz CT molecular complexity index is 407. The van der Waals surface area contributed by atoms with Crippen LogP contribution in [0.3, 0.4) is 0 Å². The molecule has 1 aromatic carbocycles. The van der Waals surface area contributed by atoms with Crippen molar-refractivity contribution in [2.24, 2.45) is 0 Å². The quantitative estimate of drug-likeness (QED) is 0.481. The minimum absolute atomic E-state index is 0.436. The van der Waals surface area contributed by atoms with E-state index in [0.29, 0.717) is 5.75 Å². The number of rotatable bonds is 10. The zero-order valence-corrected chi connectivity index (χ0v) is 14.5. The van der Waals surface area contributed by atoms with Crippen molar-refractivity contribution >= 4 is 0 Å². The Labute approximate surface area is 131 Å². The van der Waals surface area contributed by atoms with E-state index in [1.54, 1.807) is 0 Å². The van der Waals surface area contributed by atoms with E-state index in [4.69, 9.17) is 0 Å². The summed E-state index contributed by atoms with van der Waals surface area (Å²) in [5, 5.41) is 9.98. The van der Waals surface area contributed by atoms with Crippen molar-refractivity contribution in [2.75, 3.05) is 21.1 Å². The molecule has 1 N–H and O–H groups in total. The van der Waals surface area contributed by atoms with Gasteiger partial charge >= 0.3 is 0 Å². The second-order valence-electron chi connectivity index (χ2n) is 7.28. The number of hydrogen-bond acceptors (Lipinski definition) is 1. The number of nitrogens with zero attached hydrogens (tertiary/aromatic N) is 1. The number of phenols is 1. The second-order valence-corrected chi connectivity index (χ2v) is 7.28. The molecule has 0 saturated heterocycles. The van der Waals surface area contributed by atoms with Crippen LogP contribution in [0.2, 0.25) is 0 Å². The standard InChI is InChI=1S/C19H33NO/c1-5-6-7-8-9-10-11-12-17-13-14-19(21)18(15-17)16-20(2,3)4/h13-15H,5-12,16H2,1-4H3/p+1. The summed E-state index contributed by atoms with van der Waals surface area (Å²) in [7, 11) is 6.47. The maximum atomic E-state index is 9.98. The van der Waals surface area contributed by atoms with Crippen LogP contribution in [0.5, 0.6) is 5.75 Å². The van der Waals surface area contributed by atoms with Crippen LogP contribution in [0.1, 0.15) is 63.0 Å². The summed E-state index contributed by atoms with van der Waals surface area (Å²) in [5.74, 6) is 0.436. The summed E-state index contributed by atoms with van der Waals surface area (Å²) in [6.45, 7) is 3.13. The second kappa shape index (κ2) is 9.09. The van der Waals surface area contributed by atoms with Gasteiger partial charge in [0, 0.05) is 5.56 Å². The molecular formula is C19H34NO+. The molecule has 0 heterocycles. The first-order valence-corrected chi connectivity index (χ1v) is 8.53. The van der Waals surface area contributed by atoms with Crippen LogP contribution >= 0.6 is 0 Å². The summed E-state index contributed by atoms with van der Waals surface area (Å²) in [5.41, 5.74) is 2.44. The zero-order chi connectivity index (χ0) is 15.7. The fraction of sp³-hybridized carbons (Fsp3) is 0.684. The summed E-state index contributed by atoms with van der Waals surface area (Å²) in [6.07, 6.45) is 10.6. The van der Waals surface area contributed by atoms with Crippen LogP contribution in [0, 0.1) is 0 Å². The lowest BCUT2D eigenvalue weighted by Gasteiger charge is -2.24.